The van der Waals surface area contributed by atoms with E-state index in [4.69, 9.17) is 9.84 Å². The Bertz CT molecular complexity index is 246. The number of hydrogen-bond acceptors (Lipinski definition) is 4. The molecule has 1 unspecified atom stereocenters. The maximum absolute atomic E-state index is 11.5. The fraction of sp³-hybridized carbons (Fsp3) is 0.778. The molecule has 1 aliphatic heterocycles. The molecule has 0 aromatic rings. The number of morpholine rings is 1. The molecule has 1 N–H and O–H groups in total. The van der Waals surface area contributed by atoms with Crippen molar-refractivity contribution in [3.63, 3.8) is 0 Å². The van der Waals surface area contributed by atoms with Gasteiger partial charge in [0, 0.05) is 13.1 Å². The molecule has 1 amide bonds. The minimum Gasteiger partial charge on any atom is -0.481 e. The Kier molecular flexibility index (Phi) is 4.90. The zero-order chi connectivity index (χ0) is 11.3. The van der Waals surface area contributed by atoms with Crippen molar-refractivity contribution in [3.05, 3.63) is 0 Å². The third kappa shape index (κ3) is 4.09. The molecule has 6 heteroatoms. The number of rotatable bonds is 4. The second-order valence-corrected chi connectivity index (χ2v) is 4.23. The molecule has 0 spiro atoms. The summed E-state index contributed by atoms with van der Waals surface area (Å²) in [7, 11) is 0. The van der Waals surface area contributed by atoms with Gasteiger partial charge in [-0.3, -0.25) is 9.59 Å². The predicted octanol–water partition coefficient (Wildman–Crippen LogP) is 0.0515. The number of nitrogens with zero attached hydrogens (tertiary/aromatic N) is 1. The Morgan fingerprint density at radius 2 is 2.33 bits per heavy atom. The zero-order valence-electron chi connectivity index (χ0n) is 8.64. The molecule has 1 heterocycles. The standard InChI is InChI=1S/C9H15NO4S/c1-15-6-8(11)10-2-3-14-7(5-10)4-9(12)13/h7H,2-6H2,1H3,(H,12,13). The molecule has 0 aromatic heterocycles. The van der Waals surface area contributed by atoms with Gasteiger partial charge in [-0.15, -0.1) is 0 Å². The fourth-order valence-electron chi connectivity index (χ4n) is 1.48. The van der Waals surface area contributed by atoms with Crippen LogP contribution in [0, 0.1) is 0 Å². The maximum atomic E-state index is 11.5. The Morgan fingerprint density at radius 1 is 1.60 bits per heavy atom. The number of hydrogen-bond donors (Lipinski definition) is 1. The average Bonchev–Trinajstić information content (AvgIpc) is 2.17. The van der Waals surface area contributed by atoms with Gasteiger partial charge in [0.1, 0.15) is 0 Å². The summed E-state index contributed by atoms with van der Waals surface area (Å²) in [5, 5.41) is 8.61. The second-order valence-electron chi connectivity index (χ2n) is 3.36. The lowest BCUT2D eigenvalue weighted by Gasteiger charge is -2.32. The summed E-state index contributed by atoms with van der Waals surface area (Å²) in [4.78, 5) is 23.7. The molecule has 15 heavy (non-hydrogen) atoms. The lowest BCUT2D eigenvalue weighted by atomic mass is 10.2. The summed E-state index contributed by atoms with van der Waals surface area (Å²) in [5.41, 5.74) is 0. The average molecular weight is 233 g/mol. The number of carbonyl (C=O) groups excluding carboxylic acids is 1. The number of carboxylic acids is 1. The third-order valence-corrected chi connectivity index (χ3v) is 2.70. The van der Waals surface area contributed by atoms with Gasteiger partial charge in [-0.25, -0.2) is 0 Å². The van der Waals surface area contributed by atoms with E-state index in [-0.39, 0.29) is 18.4 Å². The first-order valence-electron chi connectivity index (χ1n) is 4.73. The van der Waals surface area contributed by atoms with Gasteiger partial charge in [0.2, 0.25) is 5.91 Å². The molecule has 86 valence electrons. The van der Waals surface area contributed by atoms with Crippen LogP contribution in [0.15, 0.2) is 0 Å². The van der Waals surface area contributed by atoms with Crippen molar-refractivity contribution in [1.29, 1.82) is 0 Å². The fourth-order valence-corrected chi connectivity index (χ4v) is 1.91. The molecule has 0 aromatic carbocycles. The summed E-state index contributed by atoms with van der Waals surface area (Å²) in [5.74, 6) is -0.389. The van der Waals surface area contributed by atoms with Crippen molar-refractivity contribution in [2.45, 2.75) is 12.5 Å². The first-order valence-corrected chi connectivity index (χ1v) is 6.13. The molecular formula is C9H15NO4S. The van der Waals surface area contributed by atoms with E-state index in [1.807, 2.05) is 6.26 Å². The van der Waals surface area contributed by atoms with E-state index in [2.05, 4.69) is 0 Å². The van der Waals surface area contributed by atoms with E-state index in [9.17, 15) is 9.59 Å². The first kappa shape index (κ1) is 12.3. The van der Waals surface area contributed by atoms with Gasteiger partial charge in [0.05, 0.1) is 24.9 Å². The SMILES string of the molecule is CSCC(=O)N1CCOC(CC(=O)O)C1. The number of amides is 1. The van der Waals surface area contributed by atoms with Crippen LogP contribution in [0.5, 0.6) is 0 Å². The molecule has 0 saturated carbocycles. The minimum atomic E-state index is -0.890. The lowest BCUT2D eigenvalue weighted by molar-refractivity contribution is -0.146. The third-order valence-electron chi connectivity index (χ3n) is 2.16. The summed E-state index contributed by atoms with van der Waals surface area (Å²) >= 11 is 1.47. The monoisotopic (exact) mass is 233 g/mol. The molecule has 1 atom stereocenters. The topological polar surface area (TPSA) is 66.8 Å². The Balaban J connectivity index is 2.41. The highest BCUT2D eigenvalue weighted by Crippen LogP contribution is 2.10. The molecule has 5 nitrogen and oxygen atoms in total. The van der Waals surface area contributed by atoms with Crippen LogP contribution in [0.3, 0.4) is 0 Å². The summed E-state index contributed by atoms with van der Waals surface area (Å²) < 4.78 is 5.27. The normalized spacial score (nSPS) is 21.4. The lowest BCUT2D eigenvalue weighted by Crippen LogP contribution is -2.46. The van der Waals surface area contributed by atoms with E-state index in [1.165, 1.54) is 11.8 Å². The van der Waals surface area contributed by atoms with Crippen LogP contribution < -0.4 is 0 Å². The molecule has 1 aliphatic rings. The van der Waals surface area contributed by atoms with Crippen molar-refractivity contribution in [1.82, 2.24) is 4.90 Å². The molecule has 1 fully saturated rings. The molecule has 1 saturated heterocycles. The van der Waals surface area contributed by atoms with E-state index in [0.717, 1.165) is 0 Å². The van der Waals surface area contributed by atoms with Crippen LogP contribution in [-0.2, 0) is 14.3 Å². The first-order chi connectivity index (χ1) is 7.13. The van der Waals surface area contributed by atoms with Crippen molar-refractivity contribution >= 4 is 23.6 Å². The molecular weight excluding hydrogens is 218 g/mol. The number of carboxylic acid groups (broad SMARTS) is 1. The van der Waals surface area contributed by atoms with Crippen LogP contribution >= 0.6 is 11.8 Å². The van der Waals surface area contributed by atoms with Crippen LogP contribution in [0.1, 0.15) is 6.42 Å². The maximum Gasteiger partial charge on any atom is 0.306 e. The van der Waals surface area contributed by atoms with E-state index >= 15 is 0 Å². The van der Waals surface area contributed by atoms with Crippen LogP contribution in [0.2, 0.25) is 0 Å². The van der Waals surface area contributed by atoms with Gasteiger partial charge in [0.15, 0.2) is 0 Å². The van der Waals surface area contributed by atoms with Gasteiger partial charge >= 0.3 is 5.97 Å². The molecule has 0 radical (unpaired) electrons. The number of ether oxygens (including phenoxy) is 1. The van der Waals surface area contributed by atoms with Gasteiger partial charge < -0.3 is 14.7 Å². The van der Waals surface area contributed by atoms with Gasteiger partial charge in [-0.05, 0) is 6.26 Å². The van der Waals surface area contributed by atoms with Crippen LogP contribution in [0.25, 0.3) is 0 Å². The number of aliphatic carboxylic acids is 1. The van der Waals surface area contributed by atoms with Gasteiger partial charge in [-0.2, -0.15) is 11.8 Å². The molecule has 0 aliphatic carbocycles. The second kappa shape index (κ2) is 5.97. The Hall–Kier alpha value is -0.750. The minimum absolute atomic E-state index is 0.0386. The smallest absolute Gasteiger partial charge is 0.306 e. The van der Waals surface area contributed by atoms with E-state index < -0.39 is 5.97 Å². The highest BCUT2D eigenvalue weighted by molar-refractivity contribution is 7.99. The van der Waals surface area contributed by atoms with Crippen molar-refractivity contribution in [2.75, 3.05) is 31.7 Å². The van der Waals surface area contributed by atoms with Gasteiger partial charge in [0.25, 0.3) is 0 Å². The Labute approximate surface area is 92.8 Å². The summed E-state index contributed by atoms with van der Waals surface area (Å²) in [6.07, 6.45) is 1.47. The van der Waals surface area contributed by atoms with Crippen LogP contribution in [-0.4, -0.2) is 59.7 Å². The Morgan fingerprint density at radius 3 is 2.93 bits per heavy atom. The quantitative estimate of drug-likeness (QED) is 0.743. The van der Waals surface area contributed by atoms with Crippen LogP contribution in [0.4, 0.5) is 0 Å². The molecule has 1 rings (SSSR count). The summed E-state index contributed by atoms with van der Waals surface area (Å²) in [6, 6.07) is 0. The predicted molar refractivity (Wildman–Crippen MR) is 57.0 cm³/mol. The largest absolute Gasteiger partial charge is 0.481 e. The van der Waals surface area contributed by atoms with Crippen molar-refractivity contribution < 1.29 is 19.4 Å². The summed E-state index contributed by atoms with van der Waals surface area (Å²) in [6.45, 7) is 1.39. The number of carbonyl (C=O) groups is 2. The molecule has 0 bridgehead atoms. The number of thioether (sulfide) groups is 1. The highest BCUT2D eigenvalue weighted by Gasteiger charge is 2.25. The van der Waals surface area contributed by atoms with Crippen molar-refractivity contribution in [2.24, 2.45) is 0 Å². The van der Waals surface area contributed by atoms with Gasteiger partial charge in [-0.1, -0.05) is 0 Å². The van der Waals surface area contributed by atoms with E-state index in [0.29, 0.717) is 25.4 Å². The van der Waals surface area contributed by atoms with Crippen molar-refractivity contribution in [3.8, 4) is 0 Å². The van der Waals surface area contributed by atoms with E-state index in [1.54, 1.807) is 4.90 Å². The highest BCUT2D eigenvalue weighted by atomic mass is 32.2. The zero-order valence-corrected chi connectivity index (χ0v) is 9.46.